The summed E-state index contributed by atoms with van der Waals surface area (Å²) in [6, 6.07) is 0. The van der Waals surface area contributed by atoms with Crippen molar-refractivity contribution >= 4 is 16.2 Å². The predicted octanol–water partition coefficient (Wildman–Crippen LogP) is 1.94. The molecule has 1 atom stereocenters. The van der Waals surface area contributed by atoms with Crippen LogP contribution in [0.2, 0.25) is 15.9 Å². The second-order valence-corrected chi connectivity index (χ2v) is 10.8. The fourth-order valence-electron chi connectivity index (χ4n) is 1.50. The topological polar surface area (TPSA) is 3.24 Å². The molecule has 60 valence electrons. The normalized spacial score (nSPS) is 13.8. The molecule has 0 aromatic heterocycles. The van der Waals surface area contributed by atoms with Crippen molar-refractivity contribution in [2.24, 2.45) is 5.92 Å². The average Bonchev–Trinajstić information content (AvgIpc) is 1.58. The predicted molar refractivity (Wildman–Crippen MR) is 50.0 cm³/mol. The summed E-state index contributed by atoms with van der Waals surface area (Å²) in [5.41, 5.74) is 4.94. The van der Waals surface area contributed by atoms with Crippen LogP contribution in [0.15, 0.2) is 0 Å². The van der Waals surface area contributed by atoms with Gasteiger partial charge < -0.3 is 0 Å². The second-order valence-electron chi connectivity index (χ2n) is 4.00. The zero-order chi connectivity index (χ0) is 8.15. The van der Waals surface area contributed by atoms with E-state index in [9.17, 15) is 0 Å². The molecule has 0 amide bonds. The maximum atomic E-state index is 2.47. The first-order valence-corrected chi connectivity index (χ1v) is 10.7. The first kappa shape index (κ1) is 10.6. The Bertz CT molecular complexity index is 71.3. The molecular formula is C8H20GaN. The zero-order valence-corrected chi connectivity index (χ0v) is 10.4. The molecule has 0 aliphatic rings. The fraction of sp³-hybridized carbons (Fsp3) is 1.00. The first-order valence-electron chi connectivity index (χ1n) is 4.17. The van der Waals surface area contributed by atoms with Gasteiger partial charge in [0.25, 0.3) is 0 Å². The molecule has 2 heteroatoms. The van der Waals surface area contributed by atoms with E-state index in [0.717, 1.165) is 5.92 Å². The Morgan fingerprint density at radius 1 is 1.30 bits per heavy atom. The Kier molecular flexibility index (Phi) is 5.59. The third-order valence-electron chi connectivity index (χ3n) is 1.55. The van der Waals surface area contributed by atoms with Crippen LogP contribution in [-0.4, -0.2) is 41.8 Å². The molecule has 0 fully saturated rings. The van der Waals surface area contributed by atoms with Gasteiger partial charge in [0.05, 0.1) is 0 Å². The van der Waals surface area contributed by atoms with Gasteiger partial charge in [-0.3, -0.25) is 0 Å². The number of hydrogen-bond acceptors (Lipinski definition) is 1. The molecule has 10 heavy (non-hydrogen) atoms. The number of rotatable bonds is 4. The van der Waals surface area contributed by atoms with Crippen molar-refractivity contribution in [1.29, 1.82) is 0 Å². The second kappa shape index (κ2) is 5.27. The molecule has 0 rings (SSSR count). The van der Waals surface area contributed by atoms with Gasteiger partial charge >= 0.3 is 70.5 Å². The van der Waals surface area contributed by atoms with Gasteiger partial charge in [-0.25, -0.2) is 0 Å². The molecule has 0 saturated carbocycles. The summed E-state index contributed by atoms with van der Waals surface area (Å²) in [4.78, 5) is 3.82. The molecule has 0 N–H and O–H groups in total. The number of nitrogens with zero attached hydrogens (tertiary/aromatic N) is 1. The number of hydrogen-bond donors (Lipinski definition) is 0. The molecular weight excluding hydrogens is 180 g/mol. The Balaban J connectivity index is 3.34. The minimum atomic E-state index is -0.719. The van der Waals surface area contributed by atoms with Crippen molar-refractivity contribution < 1.29 is 0 Å². The van der Waals surface area contributed by atoms with E-state index in [1.165, 1.54) is 11.5 Å². The van der Waals surface area contributed by atoms with Crippen molar-refractivity contribution in [1.82, 2.24) is 4.90 Å². The molecule has 0 saturated heterocycles. The Morgan fingerprint density at radius 3 is 2.10 bits per heavy atom. The van der Waals surface area contributed by atoms with Crippen molar-refractivity contribution in [3.8, 4) is 0 Å². The van der Waals surface area contributed by atoms with Crippen molar-refractivity contribution in [2.75, 3.05) is 20.6 Å². The van der Waals surface area contributed by atoms with Crippen LogP contribution in [0.1, 0.15) is 6.92 Å². The van der Waals surface area contributed by atoms with Crippen LogP contribution in [0.25, 0.3) is 0 Å². The van der Waals surface area contributed by atoms with Gasteiger partial charge in [-0.05, 0) is 0 Å². The molecule has 1 nitrogen and oxygen atoms in total. The fourth-order valence-corrected chi connectivity index (χ4v) is 5.19. The summed E-state index contributed by atoms with van der Waals surface area (Å²) in [7, 11) is 4.31. The first-order chi connectivity index (χ1) is 4.52. The molecule has 0 spiro atoms. The van der Waals surface area contributed by atoms with Crippen LogP contribution in [0.5, 0.6) is 0 Å². The van der Waals surface area contributed by atoms with Gasteiger partial charge in [-0.1, -0.05) is 0 Å². The van der Waals surface area contributed by atoms with Crippen LogP contribution in [-0.2, 0) is 0 Å². The van der Waals surface area contributed by atoms with Gasteiger partial charge in [0.2, 0.25) is 0 Å². The summed E-state index contributed by atoms with van der Waals surface area (Å²) in [5.74, 6) is 0.926. The van der Waals surface area contributed by atoms with E-state index in [4.69, 9.17) is 0 Å². The third kappa shape index (κ3) is 6.71. The Hall–Kier alpha value is 0.596. The van der Waals surface area contributed by atoms with Gasteiger partial charge in [0, 0.05) is 0 Å². The summed E-state index contributed by atoms with van der Waals surface area (Å²) >= 11 is -0.719. The summed E-state index contributed by atoms with van der Waals surface area (Å²) in [6.45, 7) is 3.63. The van der Waals surface area contributed by atoms with Crippen molar-refractivity contribution in [3.63, 3.8) is 0 Å². The van der Waals surface area contributed by atoms with Crippen LogP contribution < -0.4 is 0 Å². The average molecular weight is 200 g/mol. The van der Waals surface area contributed by atoms with Crippen LogP contribution in [0.3, 0.4) is 0 Å². The van der Waals surface area contributed by atoms with Gasteiger partial charge in [0.1, 0.15) is 0 Å². The van der Waals surface area contributed by atoms with E-state index in [1.807, 2.05) is 0 Å². The maximum absolute atomic E-state index is 2.47. The van der Waals surface area contributed by atoms with Gasteiger partial charge in [0.15, 0.2) is 0 Å². The molecule has 0 bridgehead atoms. The van der Waals surface area contributed by atoms with E-state index >= 15 is 0 Å². The zero-order valence-electron chi connectivity index (χ0n) is 8.02. The summed E-state index contributed by atoms with van der Waals surface area (Å²) in [5, 5.41) is 0. The van der Waals surface area contributed by atoms with E-state index < -0.39 is 16.2 Å². The molecule has 0 heterocycles. The SMILES string of the molecule is CC(CN(C)C)[CH2][Ga]([CH3])[CH3]. The van der Waals surface area contributed by atoms with Gasteiger partial charge in [-0.2, -0.15) is 0 Å². The van der Waals surface area contributed by atoms with Crippen LogP contribution in [0, 0.1) is 5.92 Å². The molecule has 0 aliphatic carbocycles. The minimum absolute atomic E-state index is 0.719. The van der Waals surface area contributed by atoms with E-state index in [2.05, 4.69) is 36.9 Å². The third-order valence-corrected chi connectivity index (χ3v) is 5.22. The molecule has 0 radical (unpaired) electrons. The Labute approximate surface area is 70.8 Å². The van der Waals surface area contributed by atoms with Crippen LogP contribution >= 0.6 is 0 Å². The molecule has 0 aliphatic heterocycles. The Morgan fingerprint density at radius 2 is 1.80 bits per heavy atom. The summed E-state index contributed by atoms with van der Waals surface area (Å²) in [6.07, 6.45) is 0. The molecule has 1 unspecified atom stereocenters. The van der Waals surface area contributed by atoms with E-state index in [-0.39, 0.29) is 0 Å². The molecule has 0 aromatic carbocycles. The molecule has 0 aromatic rings. The standard InChI is InChI=1S/C6H14N.2CH3.Ga/c1-6(2)5-7(3)4;;;/h6H,1,5H2,2-4H3;2*1H3;. The van der Waals surface area contributed by atoms with E-state index in [0.29, 0.717) is 0 Å². The van der Waals surface area contributed by atoms with Crippen LogP contribution in [0.4, 0.5) is 0 Å². The van der Waals surface area contributed by atoms with Gasteiger partial charge in [-0.15, -0.1) is 0 Å². The summed E-state index contributed by atoms with van der Waals surface area (Å²) < 4.78 is 0. The van der Waals surface area contributed by atoms with Crippen molar-refractivity contribution in [3.05, 3.63) is 0 Å². The monoisotopic (exact) mass is 199 g/mol. The van der Waals surface area contributed by atoms with Crippen molar-refractivity contribution in [2.45, 2.75) is 22.9 Å². The quantitative estimate of drug-likeness (QED) is 0.626. The van der Waals surface area contributed by atoms with E-state index in [1.54, 1.807) is 0 Å².